The highest BCUT2D eigenvalue weighted by molar-refractivity contribution is 7.21. The maximum atomic E-state index is 13.1. The van der Waals surface area contributed by atoms with E-state index in [1.165, 1.54) is 41.4 Å². The van der Waals surface area contributed by atoms with E-state index in [9.17, 15) is 14.0 Å². The molecule has 0 bridgehead atoms. The number of halogens is 2. The minimum atomic E-state index is -0.463. The first kappa shape index (κ1) is 16.7. The highest BCUT2D eigenvalue weighted by atomic mass is 35.5. The second-order valence-corrected chi connectivity index (χ2v) is 7.09. The van der Waals surface area contributed by atoms with Crippen LogP contribution in [0.2, 0.25) is 5.02 Å². The Morgan fingerprint density at radius 3 is 2.58 bits per heavy atom. The molecule has 8 heteroatoms. The third kappa shape index (κ3) is 2.65. The molecule has 0 saturated carbocycles. The largest absolute Gasteiger partial charge is 0.302 e. The summed E-state index contributed by atoms with van der Waals surface area (Å²) >= 11 is 7.81. The Balaban J connectivity index is 1.82. The van der Waals surface area contributed by atoms with Gasteiger partial charge in [-0.05, 0) is 36.4 Å². The van der Waals surface area contributed by atoms with E-state index < -0.39 is 11.3 Å². The molecule has 0 fully saturated rings. The molecule has 2 heterocycles. The fourth-order valence-corrected chi connectivity index (χ4v) is 3.95. The minimum Gasteiger partial charge on any atom is -0.302 e. The number of thiazole rings is 1. The molecule has 5 nitrogen and oxygen atoms in total. The van der Waals surface area contributed by atoms with Crippen LogP contribution in [0, 0.1) is 5.82 Å². The summed E-state index contributed by atoms with van der Waals surface area (Å²) in [7, 11) is 1.53. The summed E-state index contributed by atoms with van der Waals surface area (Å²) in [6, 6.07) is 9.33. The molecule has 0 spiro atoms. The van der Waals surface area contributed by atoms with Gasteiger partial charge in [0.2, 0.25) is 5.78 Å². The van der Waals surface area contributed by atoms with E-state index in [0.717, 1.165) is 10.3 Å². The molecule has 2 aromatic carbocycles. The lowest BCUT2D eigenvalue weighted by molar-refractivity contribution is 0.103. The number of aromatic nitrogens is 3. The van der Waals surface area contributed by atoms with Crippen molar-refractivity contribution in [1.29, 1.82) is 0 Å². The lowest BCUT2D eigenvalue weighted by atomic mass is 10.1. The molecule has 2 aromatic heterocycles. The Labute approximate surface area is 155 Å². The lowest BCUT2D eigenvalue weighted by Gasteiger charge is -2.01. The van der Waals surface area contributed by atoms with Crippen LogP contribution in [0.5, 0.6) is 0 Å². The number of H-pyrrole nitrogens is 1. The highest BCUT2D eigenvalue weighted by Gasteiger charge is 2.21. The van der Waals surface area contributed by atoms with E-state index in [0.29, 0.717) is 10.5 Å². The van der Waals surface area contributed by atoms with Gasteiger partial charge in [-0.25, -0.2) is 9.37 Å². The number of nitrogens with zero attached hydrogens (tertiary/aromatic N) is 2. The lowest BCUT2D eigenvalue weighted by Crippen LogP contribution is -2.19. The van der Waals surface area contributed by atoms with Crippen molar-refractivity contribution in [2.45, 2.75) is 0 Å². The molecule has 0 atom stereocenters. The zero-order valence-electron chi connectivity index (χ0n) is 13.4. The molecule has 0 unspecified atom stereocenters. The van der Waals surface area contributed by atoms with Gasteiger partial charge < -0.3 is 5.10 Å². The van der Waals surface area contributed by atoms with E-state index in [4.69, 9.17) is 11.6 Å². The fraction of sp³-hybridized carbons (Fsp3) is 0.0556. The van der Waals surface area contributed by atoms with E-state index in [1.807, 2.05) is 0 Å². The average molecular weight is 388 g/mol. The van der Waals surface area contributed by atoms with Crippen LogP contribution in [-0.2, 0) is 7.05 Å². The minimum absolute atomic E-state index is 0.0164. The van der Waals surface area contributed by atoms with Gasteiger partial charge in [0.1, 0.15) is 21.9 Å². The molecule has 0 radical (unpaired) electrons. The van der Waals surface area contributed by atoms with Crippen LogP contribution in [0.4, 0.5) is 4.39 Å². The van der Waals surface area contributed by atoms with Crippen molar-refractivity contribution >= 4 is 38.9 Å². The number of rotatable bonds is 3. The number of ketones is 1. The van der Waals surface area contributed by atoms with E-state index in [-0.39, 0.29) is 22.0 Å². The second-order valence-electron chi connectivity index (χ2n) is 5.68. The van der Waals surface area contributed by atoms with Crippen LogP contribution in [0.1, 0.15) is 15.9 Å². The first-order chi connectivity index (χ1) is 12.5. The molecule has 0 aliphatic heterocycles. The summed E-state index contributed by atoms with van der Waals surface area (Å²) in [5, 5.41) is 3.54. The smallest absolute Gasteiger partial charge is 0.277 e. The number of carbonyl (C=O) groups excluding carboxylic acids is 1. The summed E-state index contributed by atoms with van der Waals surface area (Å²) in [4.78, 5) is 29.2. The molecule has 130 valence electrons. The Hall–Kier alpha value is -2.77. The van der Waals surface area contributed by atoms with Crippen LogP contribution < -0.4 is 5.56 Å². The first-order valence-corrected chi connectivity index (χ1v) is 8.79. The first-order valence-electron chi connectivity index (χ1n) is 7.60. The SMILES string of the molecule is Cn1[nH]cc(C(=O)c2ccc3sc(-c4ccc(F)cc4)nc3c2Cl)c1=O. The number of benzene rings is 2. The van der Waals surface area contributed by atoms with Crippen LogP contribution in [-0.4, -0.2) is 20.5 Å². The molecule has 1 N–H and O–H groups in total. The fourth-order valence-electron chi connectivity index (χ4n) is 2.62. The van der Waals surface area contributed by atoms with Gasteiger partial charge in [0.25, 0.3) is 5.56 Å². The summed E-state index contributed by atoms with van der Waals surface area (Å²) in [5.41, 5.74) is 1.05. The molecule has 0 aliphatic carbocycles. The van der Waals surface area contributed by atoms with Crippen LogP contribution in [0.25, 0.3) is 20.8 Å². The zero-order chi connectivity index (χ0) is 18.4. The molecular formula is C18H11ClFN3O2S. The number of nitrogens with one attached hydrogen (secondary N) is 1. The van der Waals surface area contributed by atoms with Crippen molar-refractivity contribution in [3.05, 3.63) is 74.9 Å². The predicted octanol–water partition coefficient (Wildman–Crippen LogP) is 4.01. The quantitative estimate of drug-likeness (QED) is 0.540. The second kappa shape index (κ2) is 6.19. The molecule has 0 aliphatic rings. The average Bonchev–Trinajstić information content (AvgIpc) is 3.20. The third-order valence-electron chi connectivity index (χ3n) is 4.02. The maximum Gasteiger partial charge on any atom is 0.277 e. The third-order valence-corrected chi connectivity index (χ3v) is 5.47. The van der Waals surface area contributed by atoms with Crippen LogP contribution in [0.15, 0.2) is 47.4 Å². The summed E-state index contributed by atoms with van der Waals surface area (Å²) in [5.74, 6) is -0.788. The van der Waals surface area contributed by atoms with Crippen molar-refractivity contribution in [2.75, 3.05) is 0 Å². The number of aryl methyl sites for hydroxylation is 1. The van der Waals surface area contributed by atoms with Crippen molar-refractivity contribution in [1.82, 2.24) is 14.8 Å². The Kier molecular flexibility index (Phi) is 3.97. The van der Waals surface area contributed by atoms with Gasteiger partial charge in [0.15, 0.2) is 0 Å². The number of hydrogen-bond acceptors (Lipinski definition) is 4. The summed E-state index contributed by atoms with van der Waals surface area (Å²) in [6.45, 7) is 0. The molecule has 26 heavy (non-hydrogen) atoms. The normalized spacial score (nSPS) is 11.2. The maximum absolute atomic E-state index is 13.1. The van der Waals surface area contributed by atoms with Crippen molar-refractivity contribution in [2.24, 2.45) is 7.05 Å². The summed E-state index contributed by atoms with van der Waals surface area (Å²) < 4.78 is 15.1. The van der Waals surface area contributed by atoms with Gasteiger partial charge in [0.05, 0.1) is 9.72 Å². The number of hydrogen-bond donors (Lipinski definition) is 1. The highest BCUT2D eigenvalue weighted by Crippen LogP contribution is 2.35. The van der Waals surface area contributed by atoms with Gasteiger partial charge in [0, 0.05) is 24.4 Å². The van der Waals surface area contributed by atoms with Crippen molar-refractivity contribution in [3.63, 3.8) is 0 Å². The number of aromatic amines is 1. The molecule has 0 amide bonds. The standard InChI is InChI=1S/C18H11ClFN3O2S/c1-23-18(25)12(8-21-23)16(24)11-6-7-13-15(14(11)19)22-17(26-13)9-2-4-10(20)5-3-9/h2-8,21H,1H3. The van der Waals surface area contributed by atoms with Crippen molar-refractivity contribution < 1.29 is 9.18 Å². The van der Waals surface area contributed by atoms with Gasteiger partial charge in [-0.1, -0.05) is 11.6 Å². The molecular weight excluding hydrogens is 377 g/mol. The van der Waals surface area contributed by atoms with E-state index in [2.05, 4.69) is 10.1 Å². The van der Waals surface area contributed by atoms with Gasteiger partial charge in [-0.15, -0.1) is 11.3 Å². The summed E-state index contributed by atoms with van der Waals surface area (Å²) in [6.07, 6.45) is 1.36. The van der Waals surface area contributed by atoms with Gasteiger partial charge in [-0.3, -0.25) is 14.3 Å². The Morgan fingerprint density at radius 2 is 1.92 bits per heavy atom. The predicted molar refractivity (Wildman–Crippen MR) is 99.5 cm³/mol. The number of carbonyl (C=O) groups is 1. The topological polar surface area (TPSA) is 67.8 Å². The van der Waals surface area contributed by atoms with Crippen LogP contribution in [0.3, 0.4) is 0 Å². The van der Waals surface area contributed by atoms with Gasteiger partial charge >= 0.3 is 0 Å². The monoisotopic (exact) mass is 387 g/mol. The van der Waals surface area contributed by atoms with Crippen LogP contribution >= 0.6 is 22.9 Å². The zero-order valence-corrected chi connectivity index (χ0v) is 15.0. The van der Waals surface area contributed by atoms with Gasteiger partial charge in [-0.2, -0.15) is 0 Å². The van der Waals surface area contributed by atoms with E-state index >= 15 is 0 Å². The molecule has 4 aromatic rings. The van der Waals surface area contributed by atoms with E-state index in [1.54, 1.807) is 24.3 Å². The van der Waals surface area contributed by atoms with Crippen molar-refractivity contribution in [3.8, 4) is 10.6 Å². The molecule has 4 rings (SSSR count). The molecule has 0 saturated heterocycles. The Bertz CT molecular complexity index is 1210. The number of fused-ring (bicyclic) bond motifs is 1. The Morgan fingerprint density at radius 1 is 1.19 bits per heavy atom.